The summed E-state index contributed by atoms with van der Waals surface area (Å²) in [5.74, 6) is 0.0899. The number of hydrogen-bond donors (Lipinski definition) is 2. The summed E-state index contributed by atoms with van der Waals surface area (Å²) in [5.41, 5.74) is 6.91. The van der Waals surface area contributed by atoms with Gasteiger partial charge in [-0.25, -0.2) is 4.39 Å². The van der Waals surface area contributed by atoms with E-state index in [9.17, 15) is 9.18 Å². The molecule has 2 heterocycles. The number of aromatic nitrogens is 2. The second-order valence-electron chi connectivity index (χ2n) is 6.52. The lowest BCUT2D eigenvalue weighted by Crippen LogP contribution is -2.44. The number of anilines is 1. The number of nitrogens with two attached hydrogens (primary N) is 1. The predicted octanol–water partition coefficient (Wildman–Crippen LogP) is 4.26. The fourth-order valence-corrected chi connectivity index (χ4v) is 3.86. The second kappa shape index (κ2) is 7.38. The minimum Gasteiger partial charge on any atom is -0.333 e. The van der Waals surface area contributed by atoms with E-state index in [4.69, 9.17) is 10.3 Å². The van der Waals surface area contributed by atoms with Crippen LogP contribution in [0.2, 0.25) is 0 Å². The highest BCUT2D eigenvalue weighted by atomic mass is 35.5. The number of carbonyl (C=O) groups is 1. The first-order valence-electron chi connectivity index (χ1n) is 8.25. The van der Waals surface area contributed by atoms with E-state index in [0.29, 0.717) is 16.7 Å². The van der Waals surface area contributed by atoms with Crippen LogP contribution in [0.15, 0.2) is 34.9 Å². The Morgan fingerprint density at radius 3 is 2.81 bits per heavy atom. The fraction of sp³-hybridized carbons (Fsp3) is 0.278. The lowest BCUT2D eigenvalue weighted by molar-refractivity contribution is 0.102. The van der Waals surface area contributed by atoms with Gasteiger partial charge in [0, 0.05) is 5.56 Å². The highest BCUT2D eigenvalue weighted by Crippen LogP contribution is 2.39. The Hall–Kier alpha value is -2.29. The zero-order valence-corrected chi connectivity index (χ0v) is 16.1. The van der Waals surface area contributed by atoms with Gasteiger partial charge in [-0.15, -0.1) is 23.7 Å². The van der Waals surface area contributed by atoms with Crippen molar-refractivity contribution in [1.29, 1.82) is 0 Å². The number of rotatable bonds is 4. The molecule has 1 aliphatic carbocycles. The Bertz CT molecular complexity index is 983. The molecule has 1 saturated carbocycles. The van der Waals surface area contributed by atoms with E-state index < -0.39 is 11.4 Å². The van der Waals surface area contributed by atoms with E-state index in [1.54, 1.807) is 6.07 Å². The summed E-state index contributed by atoms with van der Waals surface area (Å²) in [6, 6.07) is 7.37. The third kappa shape index (κ3) is 3.73. The van der Waals surface area contributed by atoms with Crippen LogP contribution in [0.5, 0.6) is 0 Å². The third-order valence-electron chi connectivity index (χ3n) is 4.55. The van der Waals surface area contributed by atoms with Gasteiger partial charge in [-0.1, -0.05) is 11.2 Å². The van der Waals surface area contributed by atoms with Gasteiger partial charge in [0.1, 0.15) is 5.82 Å². The molecule has 0 spiro atoms. The van der Waals surface area contributed by atoms with Crippen molar-refractivity contribution in [3.8, 4) is 10.8 Å². The van der Waals surface area contributed by atoms with Gasteiger partial charge in [0.05, 0.1) is 15.4 Å². The first-order valence-corrected chi connectivity index (χ1v) is 9.07. The molecule has 2 aromatic heterocycles. The zero-order chi connectivity index (χ0) is 18.3. The number of amides is 1. The average molecular weight is 409 g/mol. The van der Waals surface area contributed by atoms with Crippen LogP contribution in [0.1, 0.15) is 41.0 Å². The Kier molecular flexibility index (Phi) is 5.32. The quantitative estimate of drug-likeness (QED) is 0.672. The predicted molar refractivity (Wildman–Crippen MR) is 104 cm³/mol. The molecule has 1 amide bonds. The van der Waals surface area contributed by atoms with Crippen LogP contribution in [0.4, 0.5) is 9.39 Å². The molecular weight excluding hydrogens is 391 g/mol. The summed E-state index contributed by atoms with van der Waals surface area (Å²) in [6.45, 7) is 1.90. The van der Waals surface area contributed by atoms with Crippen LogP contribution in [-0.4, -0.2) is 16.0 Å². The Balaban J connectivity index is 0.00000210. The SMILES string of the molecule is Cc1cc(NC(=O)c2cccc(F)c2)sc1-c1nc(C2(N)CCC2)no1.Cl. The van der Waals surface area contributed by atoms with Crippen LogP contribution >= 0.6 is 23.7 Å². The fourth-order valence-electron chi connectivity index (χ4n) is 2.87. The Morgan fingerprint density at radius 1 is 1.37 bits per heavy atom. The minimum atomic E-state index is -0.485. The maximum Gasteiger partial charge on any atom is 0.268 e. The number of thiophene rings is 1. The number of halogens is 2. The molecule has 3 aromatic rings. The number of nitrogens with one attached hydrogen (secondary N) is 1. The molecule has 142 valence electrons. The highest BCUT2D eigenvalue weighted by Gasteiger charge is 2.39. The van der Waals surface area contributed by atoms with Crippen molar-refractivity contribution in [2.45, 2.75) is 31.7 Å². The summed E-state index contributed by atoms with van der Waals surface area (Å²) < 4.78 is 18.7. The lowest BCUT2D eigenvalue weighted by atomic mass is 9.77. The summed E-state index contributed by atoms with van der Waals surface area (Å²) in [4.78, 5) is 17.5. The summed E-state index contributed by atoms with van der Waals surface area (Å²) >= 11 is 1.33. The van der Waals surface area contributed by atoms with Crippen LogP contribution < -0.4 is 11.1 Å². The molecule has 0 unspecified atom stereocenters. The molecular formula is C18H18ClFN4O2S. The largest absolute Gasteiger partial charge is 0.333 e. The number of hydrogen-bond acceptors (Lipinski definition) is 6. The first kappa shape index (κ1) is 19.5. The topological polar surface area (TPSA) is 94.0 Å². The maximum atomic E-state index is 13.3. The highest BCUT2D eigenvalue weighted by molar-refractivity contribution is 7.19. The molecule has 1 aliphatic rings. The van der Waals surface area contributed by atoms with Crippen molar-refractivity contribution in [3.63, 3.8) is 0 Å². The molecule has 0 bridgehead atoms. The molecule has 27 heavy (non-hydrogen) atoms. The molecule has 1 fully saturated rings. The van der Waals surface area contributed by atoms with Gasteiger partial charge in [-0.3, -0.25) is 4.79 Å². The van der Waals surface area contributed by atoms with E-state index in [0.717, 1.165) is 29.7 Å². The van der Waals surface area contributed by atoms with Crippen molar-refractivity contribution < 1.29 is 13.7 Å². The van der Waals surface area contributed by atoms with E-state index in [2.05, 4.69) is 15.5 Å². The molecule has 9 heteroatoms. The summed E-state index contributed by atoms with van der Waals surface area (Å²) in [7, 11) is 0. The minimum absolute atomic E-state index is 0. The van der Waals surface area contributed by atoms with E-state index in [1.807, 2.05) is 13.0 Å². The molecule has 3 N–H and O–H groups in total. The first-order chi connectivity index (χ1) is 12.4. The van der Waals surface area contributed by atoms with Gasteiger partial charge < -0.3 is 15.6 Å². The Morgan fingerprint density at radius 2 is 2.15 bits per heavy atom. The molecule has 0 aliphatic heterocycles. The van der Waals surface area contributed by atoms with Gasteiger partial charge >= 0.3 is 0 Å². The van der Waals surface area contributed by atoms with E-state index >= 15 is 0 Å². The van der Waals surface area contributed by atoms with E-state index in [-0.39, 0.29) is 23.9 Å². The normalized spacial score (nSPS) is 14.9. The monoisotopic (exact) mass is 408 g/mol. The average Bonchev–Trinajstić information content (AvgIpc) is 3.19. The van der Waals surface area contributed by atoms with Crippen LogP contribution in [0.25, 0.3) is 10.8 Å². The standard InChI is InChI=1S/C18H17FN4O2S.ClH/c1-10-8-13(21-15(24)11-4-2-5-12(19)9-11)26-14(10)16-22-17(23-25-16)18(20)6-3-7-18;/h2,4-5,8-9H,3,6-7,20H2,1H3,(H,21,24);1H. The molecule has 6 nitrogen and oxygen atoms in total. The van der Waals surface area contributed by atoms with Gasteiger partial charge in [0.25, 0.3) is 11.8 Å². The summed E-state index contributed by atoms with van der Waals surface area (Å²) in [6.07, 6.45) is 2.77. The molecule has 1 aromatic carbocycles. The van der Waals surface area contributed by atoms with Crippen molar-refractivity contribution in [2.24, 2.45) is 5.73 Å². The van der Waals surface area contributed by atoms with Crippen molar-refractivity contribution in [1.82, 2.24) is 10.1 Å². The number of carbonyl (C=O) groups excluding carboxylic acids is 1. The Labute approximate surface area is 165 Å². The zero-order valence-electron chi connectivity index (χ0n) is 14.5. The van der Waals surface area contributed by atoms with Gasteiger partial charge in [0.15, 0.2) is 5.82 Å². The number of nitrogens with zero attached hydrogens (tertiary/aromatic N) is 2. The van der Waals surface area contributed by atoms with Crippen molar-refractivity contribution in [3.05, 3.63) is 53.1 Å². The molecule has 0 atom stereocenters. The lowest BCUT2D eigenvalue weighted by Gasteiger charge is -2.34. The number of aryl methyl sites for hydroxylation is 1. The van der Waals surface area contributed by atoms with Crippen LogP contribution in [0, 0.1) is 12.7 Å². The van der Waals surface area contributed by atoms with E-state index in [1.165, 1.54) is 29.5 Å². The third-order valence-corrected chi connectivity index (χ3v) is 5.69. The molecule has 4 rings (SSSR count). The second-order valence-corrected chi connectivity index (χ2v) is 7.57. The smallest absolute Gasteiger partial charge is 0.268 e. The van der Waals surface area contributed by atoms with Gasteiger partial charge in [-0.2, -0.15) is 4.98 Å². The van der Waals surface area contributed by atoms with Gasteiger partial charge in [-0.05, 0) is 56.0 Å². The van der Waals surface area contributed by atoms with Gasteiger partial charge in [0.2, 0.25) is 0 Å². The number of benzene rings is 1. The van der Waals surface area contributed by atoms with Crippen molar-refractivity contribution in [2.75, 3.05) is 5.32 Å². The maximum absolute atomic E-state index is 13.3. The van der Waals surface area contributed by atoms with Crippen LogP contribution in [-0.2, 0) is 5.54 Å². The molecule has 0 radical (unpaired) electrons. The van der Waals surface area contributed by atoms with Crippen LogP contribution in [0.3, 0.4) is 0 Å². The van der Waals surface area contributed by atoms with Crippen molar-refractivity contribution >= 4 is 34.7 Å². The summed E-state index contributed by atoms with van der Waals surface area (Å²) in [5, 5.41) is 7.42. The molecule has 0 saturated heterocycles.